The minimum atomic E-state index is -0.417. The molecule has 27 heavy (non-hydrogen) atoms. The largest absolute Gasteiger partial charge is 0.490 e. The van der Waals surface area contributed by atoms with E-state index >= 15 is 0 Å². The van der Waals surface area contributed by atoms with Crippen molar-refractivity contribution in [3.05, 3.63) is 23.8 Å². The third-order valence-electron chi connectivity index (χ3n) is 5.29. The molecule has 2 aliphatic rings. The lowest BCUT2D eigenvalue weighted by molar-refractivity contribution is -0.910. The van der Waals surface area contributed by atoms with Crippen LogP contribution in [-0.2, 0) is 4.79 Å². The van der Waals surface area contributed by atoms with E-state index in [1.54, 1.807) is 0 Å². The van der Waals surface area contributed by atoms with Crippen molar-refractivity contribution in [1.29, 1.82) is 0 Å². The molecule has 1 unspecified atom stereocenters. The lowest BCUT2D eigenvalue weighted by Crippen LogP contribution is -3.11. The first-order valence-corrected chi connectivity index (χ1v) is 9.91. The summed E-state index contributed by atoms with van der Waals surface area (Å²) < 4.78 is 11.5. The summed E-state index contributed by atoms with van der Waals surface area (Å²) in [5.41, 5.74) is 1.16. The molecule has 1 fully saturated rings. The van der Waals surface area contributed by atoms with E-state index < -0.39 is 6.03 Å². The van der Waals surface area contributed by atoms with Gasteiger partial charge in [-0.25, -0.2) is 4.79 Å². The molecule has 3 N–H and O–H groups in total. The summed E-state index contributed by atoms with van der Waals surface area (Å²) in [5, 5.41) is 5.21. The van der Waals surface area contributed by atoms with Crippen molar-refractivity contribution in [2.24, 2.45) is 0 Å². The highest BCUT2D eigenvalue weighted by atomic mass is 16.5. The molecule has 0 saturated carbocycles. The average molecular weight is 376 g/mol. The molecule has 3 rings (SSSR count). The maximum atomic E-state index is 12.3. The molecule has 7 nitrogen and oxygen atoms in total. The van der Waals surface area contributed by atoms with Gasteiger partial charge in [0.1, 0.15) is 6.04 Å². The minimum Gasteiger partial charge on any atom is -0.490 e. The fourth-order valence-electron chi connectivity index (χ4n) is 3.66. The van der Waals surface area contributed by atoms with E-state index in [9.17, 15) is 9.59 Å². The first-order valence-electron chi connectivity index (χ1n) is 9.91. The van der Waals surface area contributed by atoms with Crippen molar-refractivity contribution >= 4 is 11.9 Å². The Hall–Kier alpha value is -2.28. The topological polar surface area (TPSA) is 81.1 Å². The van der Waals surface area contributed by atoms with E-state index in [-0.39, 0.29) is 24.5 Å². The van der Waals surface area contributed by atoms with Gasteiger partial charge in [0.2, 0.25) is 0 Å². The molecule has 2 heterocycles. The first kappa shape index (κ1) is 19.5. The highest BCUT2D eigenvalue weighted by Gasteiger charge is 2.32. The van der Waals surface area contributed by atoms with E-state index in [0.717, 1.165) is 49.3 Å². The molecule has 3 amide bonds. The monoisotopic (exact) mass is 376 g/mol. The van der Waals surface area contributed by atoms with Crippen LogP contribution < -0.4 is 25.0 Å². The number of imide groups is 1. The number of carbonyl (C=O) groups excluding carboxylic acids is 2. The summed E-state index contributed by atoms with van der Waals surface area (Å²) in [4.78, 5) is 25.3. The number of hydrogen-bond donors (Lipinski definition) is 3. The van der Waals surface area contributed by atoms with Crippen LogP contribution in [0.5, 0.6) is 11.5 Å². The quantitative estimate of drug-likeness (QED) is 0.721. The SMILES string of the molecule is CC[C@@H](C)NC(=O)NC(=O)C[NH+]1CCC[C@@H]1c1ccc2c(c1)OCCCO2. The Morgan fingerprint density at radius 1 is 1.22 bits per heavy atom. The third-order valence-corrected chi connectivity index (χ3v) is 5.29. The van der Waals surface area contributed by atoms with Crippen LogP contribution in [0.25, 0.3) is 0 Å². The fourth-order valence-corrected chi connectivity index (χ4v) is 3.66. The lowest BCUT2D eigenvalue weighted by atomic mass is 10.0. The number of benzene rings is 1. The second kappa shape index (κ2) is 9.08. The second-order valence-corrected chi connectivity index (χ2v) is 7.37. The first-order chi connectivity index (χ1) is 13.1. The Labute approximate surface area is 160 Å². The number of amides is 3. The number of ether oxygens (including phenoxy) is 2. The molecule has 0 aliphatic carbocycles. The summed E-state index contributed by atoms with van der Waals surface area (Å²) >= 11 is 0. The zero-order valence-electron chi connectivity index (χ0n) is 16.2. The highest BCUT2D eigenvalue weighted by Crippen LogP contribution is 2.33. The predicted octanol–water partition coefficient (Wildman–Crippen LogP) is 1.19. The predicted molar refractivity (Wildman–Crippen MR) is 101 cm³/mol. The Morgan fingerprint density at radius 2 is 2.00 bits per heavy atom. The summed E-state index contributed by atoms with van der Waals surface area (Å²) in [6, 6.07) is 5.93. The van der Waals surface area contributed by atoms with E-state index in [1.165, 1.54) is 4.90 Å². The van der Waals surface area contributed by atoms with Crippen molar-refractivity contribution in [2.75, 3.05) is 26.3 Å². The number of fused-ring (bicyclic) bond motifs is 1. The summed E-state index contributed by atoms with van der Waals surface area (Å²) in [5.74, 6) is 1.33. The summed E-state index contributed by atoms with van der Waals surface area (Å²) in [6.45, 7) is 6.43. The number of rotatable bonds is 5. The van der Waals surface area contributed by atoms with Crippen molar-refractivity contribution in [3.8, 4) is 11.5 Å². The van der Waals surface area contributed by atoms with Gasteiger partial charge in [-0.1, -0.05) is 6.92 Å². The third kappa shape index (κ3) is 5.13. The Morgan fingerprint density at radius 3 is 2.78 bits per heavy atom. The number of carbonyl (C=O) groups is 2. The van der Waals surface area contributed by atoms with Crippen LogP contribution in [0.3, 0.4) is 0 Å². The smallest absolute Gasteiger partial charge is 0.321 e. The van der Waals surface area contributed by atoms with Gasteiger partial charge < -0.3 is 19.7 Å². The van der Waals surface area contributed by atoms with Crippen molar-refractivity contribution in [3.63, 3.8) is 0 Å². The number of hydrogen-bond acceptors (Lipinski definition) is 4. The highest BCUT2D eigenvalue weighted by molar-refractivity contribution is 5.94. The molecular formula is C20H30N3O4+. The van der Waals surface area contributed by atoms with Gasteiger partial charge in [0, 0.05) is 30.9 Å². The van der Waals surface area contributed by atoms with Crippen molar-refractivity contribution in [1.82, 2.24) is 10.6 Å². The van der Waals surface area contributed by atoms with Crippen molar-refractivity contribution < 1.29 is 24.0 Å². The number of urea groups is 1. The molecule has 0 bridgehead atoms. The molecule has 2 aliphatic heterocycles. The van der Waals surface area contributed by atoms with Gasteiger partial charge in [-0.05, 0) is 31.5 Å². The molecule has 148 valence electrons. The maximum absolute atomic E-state index is 12.3. The van der Waals surface area contributed by atoms with Gasteiger partial charge in [0.15, 0.2) is 18.0 Å². The molecule has 1 aromatic carbocycles. The summed E-state index contributed by atoms with van der Waals surface area (Å²) in [6.07, 6.45) is 3.77. The summed E-state index contributed by atoms with van der Waals surface area (Å²) in [7, 11) is 0. The van der Waals surface area contributed by atoms with Gasteiger partial charge in [-0.15, -0.1) is 0 Å². The van der Waals surface area contributed by atoms with Crippen molar-refractivity contribution in [2.45, 2.75) is 51.6 Å². The zero-order valence-corrected chi connectivity index (χ0v) is 16.2. The molecule has 0 spiro atoms. The molecule has 7 heteroatoms. The Bertz CT molecular complexity index is 679. The molecule has 1 aromatic rings. The van der Waals surface area contributed by atoms with Gasteiger partial charge in [-0.2, -0.15) is 0 Å². The maximum Gasteiger partial charge on any atom is 0.321 e. The molecule has 0 radical (unpaired) electrons. The standard InChI is InChI=1S/C20H29N3O4/c1-3-14(2)21-20(25)22-19(24)13-23-9-4-6-16(23)15-7-8-17-18(12-15)27-11-5-10-26-17/h7-8,12,14,16H,3-6,9-11,13H2,1-2H3,(H2,21,22,24,25)/p+1/t14-,16-/m1/s1. The molecule has 3 atom stereocenters. The van der Waals surface area contributed by atoms with E-state index in [1.807, 2.05) is 26.0 Å². The Balaban J connectivity index is 1.61. The average Bonchev–Trinajstić information content (AvgIpc) is 2.96. The van der Waals surface area contributed by atoms with Gasteiger partial charge in [-0.3, -0.25) is 10.1 Å². The Kier molecular flexibility index (Phi) is 6.55. The van der Waals surface area contributed by atoms with Crippen LogP contribution in [0, 0.1) is 0 Å². The van der Waals surface area contributed by atoms with Gasteiger partial charge in [0.05, 0.1) is 19.8 Å². The van der Waals surface area contributed by atoms with Crippen LogP contribution in [0.1, 0.15) is 51.1 Å². The van der Waals surface area contributed by atoms with Crippen LogP contribution in [0.2, 0.25) is 0 Å². The van der Waals surface area contributed by atoms with Gasteiger partial charge >= 0.3 is 6.03 Å². The normalized spacial score (nSPS) is 22.6. The van der Waals surface area contributed by atoms with Crippen LogP contribution in [-0.4, -0.2) is 44.3 Å². The molecule has 0 aromatic heterocycles. The van der Waals surface area contributed by atoms with Gasteiger partial charge in [0.25, 0.3) is 5.91 Å². The second-order valence-electron chi connectivity index (χ2n) is 7.37. The number of nitrogens with one attached hydrogen (secondary N) is 3. The number of quaternary nitrogens is 1. The van der Waals surface area contributed by atoms with Crippen LogP contribution in [0.15, 0.2) is 18.2 Å². The zero-order chi connectivity index (χ0) is 19.2. The van der Waals surface area contributed by atoms with E-state index in [4.69, 9.17) is 9.47 Å². The molecular weight excluding hydrogens is 346 g/mol. The van der Waals surface area contributed by atoms with Crippen LogP contribution in [0.4, 0.5) is 4.79 Å². The van der Waals surface area contributed by atoms with Crippen LogP contribution >= 0.6 is 0 Å². The molecule has 1 saturated heterocycles. The lowest BCUT2D eigenvalue weighted by Gasteiger charge is -2.22. The van der Waals surface area contributed by atoms with E-state index in [0.29, 0.717) is 13.2 Å². The fraction of sp³-hybridized carbons (Fsp3) is 0.600. The van der Waals surface area contributed by atoms with E-state index in [2.05, 4.69) is 16.7 Å². The minimum absolute atomic E-state index is 0.0477. The number of likely N-dealkylation sites (tertiary alicyclic amines) is 1.